The second-order valence-electron chi connectivity index (χ2n) is 3.12. The molecule has 2 aliphatic heterocycles. The Kier molecular flexibility index (Phi) is 1.52. The largest absolute Gasteiger partial charge is 0.447 e. The molecule has 1 N–H and O–H groups in total. The predicted octanol–water partition coefficient (Wildman–Crippen LogP) is 0.990. The fraction of sp³-hybridized carbons (Fsp3) is 0.857. The van der Waals surface area contributed by atoms with Crippen molar-refractivity contribution in [1.82, 2.24) is 5.32 Å². The lowest BCUT2D eigenvalue weighted by molar-refractivity contribution is 0.172. The number of rotatable bonds is 0. The van der Waals surface area contributed by atoms with Crippen molar-refractivity contribution < 1.29 is 9.53 Å². The van der Waals surface area contributed by atoms with E-state index in [0.717, 1.165) is 12.2 Å². The molecule has 2 unspecified atom stereocenters. The quantitative estimate of drug-likeness (QED) is 0.593. The molecule has 2 rings (SSSR count). The van der Waals surface area contributed by atoms with Gasteiger partial charge in [0.1, 0.15) is 6.61 Å². The van der Waals surface area contributed by atoms with Crippen molar-refractivity contribution in [3.63, 3.8) is 0 Å². The fourth-order valence-electron chi connectivity index (χ4n) is 1.60. The fourth-order valence-corrected chi connectivity index (χ4v) is 3.00. The summed E-state index contributed by atoms with van der Waals surface area (Å²) in [4.78, 5) is 10.8. The molecule has 0 aliphatic carbocycles. The first-order valence-corrected chi connectivity index (χ1v) is 4.84. The van der Waals surface area contributed by atoms with Gasteiger partial charge in [0.25, 0.3) is 0 Å². The molecule has 11 heavy (non-hydrogen) atoms. The van der Waals surface area contributed by atoms with Gasteiger partial charge in [-0.15, -0.1) is 0 Å². The average Bonchev–Trinajstić information content (AvgIpc) is 2.46. The third-order valence-electron chi connectivity index (χ3n) is 2.51. The van der Waals surface area contributed by atoms with E-state index >= 15 is 0 Å². The zero-order chi connectivity index (χ0) is 7.90. The lowest BCUT2D eigenvalue weighted by Crippen LogP contribution is -2.47. The number of thioether (sulfide) groups is 1. The topological polar surface area (TPSA) is 38.3 Å². The molecule has 62 valence electrons. The first kappa shape index (κ1) is 7.28. The maximum Gasteiger partial charge on any atom is 0.407 e. The van der Waals surface area contributed by atoms with E-state index in [1.54, 1.807) is 0 Å². The summed E-state index contributed by atoms with van der Waals surface area (Å²) in [5.74, 6) is 1.13. The third-order valence-corrected chi connectivity index (χ3v) is 3.90. The molecule has 3 nitrogen and oxygen atoms in total. The van der Waals surface area contributed by atoms with E-state index in [9.17, 15) is 4.79 Å². The number of hydrogen-bond donors (Lipinski definition) is 1. The van der Waals surface area contributed by atoms with Crippen LogP contribution in [0.2, 0.25) is 0 Å². The smallest absolute Gasteiger partial charge is 0.407 e. The summed E-state index contributed by atoms with van der Waals surface area (Å²) in [6.45, 7) is 2.70. The minimum Gasteiger partial charge on any atom is -0.447 e. The maximum atomic E-state index is 10.8. The van der Waals surface area contributed by atoms with Gasteiger partial charge in [-0.2, -0.15) is 11.8 Å². The van der Waals surface area contributed by atoms with Crippen LogP contribution in [-0.2, 0) is 4.74 Å². The molecular formula is C7H11NO2S. The lowest BCUT2D eigenvalue weighted by atomic mass is 9.95. The normalized spacial score (nSPS) is 42.6. The van der Waals surface area contributed by atoms with E-state index in [-0.39, 0.29) is 11.6 Å². The molecule has 2 saturated heterocycles. The number of nitrogens with one attached hydrogen (secondary N) is 1. The molecule has 2 atom stereocenters. The maximum absolute atomic E-state index is 10.8. The van der Waals surface area contributed by atoms with Crippen molar-refractivity contribution >= 4 is 17.9 Å². The second kappa shape index (κ2) is 2.30. The Hall–Kier alpha value is -0.380. The first-order valence-electron chi connectivity index (χ1n) is 3.79. The predicted molar refractivity (Wildman–Crippen MR) is 43.8 cm³/mol. The van der Waals surface area contributed by atoms with Crippen LogP contribution in [0.1, 0.15) is 13.3 Å². The van der Waals surface area contributed by atoms with E-state index in [2.05, 4.69) is 12.2 Å². The minimum absolute atomic E-state index is 0.0399. The van der Waals surface area contributed by atoms with E-state index < -0.39 is 0 Å². The van der Waals surface area contributed by atoms with Crippen molar-refractivity contribution in [1.29, 1.82) is 0 Å². The van der Waals surface area contributed by atoms with Gasteiger partial charge in [-0.3, -0.25) is 0 Å². The van der Waals surface area contributed by atoms with Crippen LogP contribution in [0.3, 0.4) is 0 Å². The van der Waals surface area contributed by atoms with Crippen LogP contribution in [0, 0.1) is 0 Å². The Morgan fingerprint density at radius 1 is 1.82 bits per heavy atom. The summed E-state index contributed by atoms with van der Waals surface area (Å²) in [6, 6.07) is 0. The number of hydrogen-bond acceptors (Lipinski definition) is 3. The van der Waals surface area contributed by atoms with Gasteiger partial charge in [0.2, 0.25) is 0 Å². The number of alkyl carbamates (subject to hydrolysis) is 1. The molecule has 0 aromatic rings. The molecule has 0 radical (unpaired) electrons. The Bertz CT molecular complexity index is 197. The van der Waals surface area contributed by atoms with Gasteiger partial charge in [-0.1, -0.05) is 6.92 Å². The van der Waals surface area contributed by atoms with E-state index in [4.69, 9.17) is 4.74 Å². The summed E-state index contributed by atoms with van der Waals surface area (Å²) >= 11 is 1.90. The highest BCUT2D eigenvalue weighted by atomic mass is 32.2. The Morgan fingerprint density at radius 2 is 2.64 bits per heavy atom. The second-order valence-corrected chi connectivity index (χ2v) is 4.57. The summed E-state index contributed by atoms with van der Waals surface area (Å²) in [5.41, 5.74) is -0.0399. The molecule has 2 aliphatic rings. The van der Waals surface area contributed by atoms with Gasteiger partial charge in [0, 0.05) is 5.25 Å². The van der Waals surface area contributed by atoms with Crippen LogP contribution in [0.4, 0.5) is 4.79 Å². The van der Waals surface area contributed by atoms with Gasteiger partial charge in [-0.25, -0.2) is 4.79 Å². The van der Waals surface area contributed by atoms with Crippen LogP contribution in [0.5, 0.6) is 0 Å². The van der Waals surface area contributed by atoms with Crippen LogP contribution >= 0.6 is 11.8 Å². The molecule has 0 saturated carbocycles. The third kappa shape index (κ3) is 1.00. The molecular weight excluding hydrogens is 162 g/mol. The zero-order valence-corrected chi connectivity index (χ0v) is 7.24. The van der Waals surface area contributed by atoms with Crippen molar-refractivity contribution in [3.8, 4) is 0 Å². The molecule has 0 aromatic carbocycles. The van der Waals surface area contributed by atoms with Gasteiger partial charge in [0.15, 0.2) is 0 Å². The van der Waals surface area contributed by atoms with Gasteiger partial charge in [-0.05, 0) is 12.2 Å². The van der Waals surface area contributed by atoms with Crippen molar-refractivity contribution in [2.24, 2.45) is 0 Å². The number of carbonyl (C=O) groups is 1. The van der Waals surface area contributed by atoms with Gasteiger partial charge < -0.3 is 10.1 Å². The summed E-state index contributed by atoms with van der Waals surface area (Å²) in [6.07, 6.45) is 0.796. The highest BCUT2D eigenvalue weighted by Crippen LogP contribution is 2.37. The molecule has 1 amide bonds. The van der Waals surface area contributed by atoms with Crippen LogP contribution in [0.15, 0.2) is 0 Å². The van der Waals surface area contributed by atoms with E-state index in [0.29, 0.717) is 11.9 Å². The highest BCUT2D eigenvalue weighted by molar-refractivity contribution is 8.00. The number of cyclic esters (lactones) is 1. The summed E-state index contributed by atoms with van der Waals surface area (Å²) in [7, 11) is 0. The monoisotopic (exact) mass is 173 g/mol. The molecule has 4 heteroatoms. The average molecular weight is 173 g/mol. The highest BCUT2D eigenvalue weighted by Gasteiger charge is 2.47. The standard InChI is InChI=1S/C7H11NO2S/c1-5-7(2-3-11-5)4-10-6(9)8-7/h5H,2-4H2,1H3,(H,8,9). The SMILES string of the molecule is CC1SCCC12COC(=O)N2. The molecule has 2 heterocycles. The minimum atomic E-state index is -0.251. The van der Waals surface area contributed by atoms with Crippen LogP contribution in [-0.4, -0.2) is 29.2 Å². The van der Waals surface area contributed by atoms with E-state index in [1.807, 2.05) is 11.8 Å². The van der Waals surface area contributed by atoms with Crippen molar-refractivity contribution in [2.75, 3.05) is 12.4 Å². The van der Waals surface area contributed by atoms with Gasteiger partial charge >= 0.3 is 6.09 Å². The Labute approximate surface area is 69.9 Å². The van der Waals surface area contributed by atoms with Crippen molar-refractivity contribution in [2.45, 2.75) is 24.1 Å². The number of carbonyl (C=O) groups excluding carboxylic acids is 1. The Morgan fingerprint density at radius 3 is 3.09 bits per heavy atom. The van der Waals surface area contributed by atoms with Gasteiger partial charge in [0.05, 0.1) is 5.54 Å². The summed E-state index contributed by atoms with van der Waals surface area (Å²) in [5, 5.41) is 3.39. The molecule has 0 aromatic heterocycles. The van der Waals surface area contributed by atoms with E-state index in [1.165, 1.54) is 0 Å². The van der Waals surface area contributed by atoms with Crippen LogP contribution in [0.25, 0.3) is 0 Å². The molecule has 2 fully saturated rings. The van der Waals surface area contributed by atoms with Crippen LogP contribution < -0.4 is 5.32 Å². The lowest BCUT2D eigenvalue weighted by Gasteiger charge is -2.23. The zero-order valence-electron chi connectivity index (χ0n) is 6.42. The Balaban J connectivity index is 2.16. The van der Waals surface area contributed by atoms with Crippen molar-refractivity contribution in [3.05, 3.63) is 0 Å². The molecule has 1 spiro atoms. The first-order chi connectivity index (χ1) is 5.23. The molecule has 0 bridgehead atoms. The number of ether oxygens (including phenoxy) is 1. The number of amides is 1. The summed E-state index contributed by atoms with van der Waals surface area (Å²) < 4.78 is 4.90.